The van der Waals surface area contributed by atoms with Crippen LogP contribution in [-0.2, 0) is 11.3 Å². The highest BCUT2D eigenvalue weighted by molar-refractivity contribution is 9.10. The van der Waals surface area contributed by atoms with E-state index in [1.165, 1.54) is 0 Å². The molecule has 0 fully saturated rings. The van der Waals surface area contributed by atoms with Gasteiger partial charge in [-0.3, -0.25) is 4.79 Å². The zero-order chi connectivity index (χ0) is 14.1. The van der Waals surface area contributed by atoms with Crippen molar-refractivity contribution in [3.05, 3.63) is 46.3 Å². The molecule has 3 rings (SSSR count). The lowest BCUT2D eigenvalue weighted by Gasteiger charge is -2.33. The molecule has 1 aliphatic rings. The Morgan fingerprint density at radius 1 is 1.50 bits per heavy atom. The van der Waals surface area contributed by atoms with Gasteiger partial charge in [0.25, 0.3) is 0 Å². The molecule has 5 nitrogen and oxygen atoms in total. The predicted molar refractivity (Wildman–Crippen MR) is 76.7 cm³/mol. The zero-order valence-corrected chi connectivity index (χ0v) is 12.2. The van der Waals surface area contributed by atoms with Crippen molar-refractivity contribution in [1.82, 2.24) is 5.16 Å². The molecule has 2 heterocycles. The third-order valence-corrected chi connectivity index (χ3v) is 4.03. The first-order valence-corrected chi connectivity index (χ1v) is 7.11. The van der Waals surface area contributed by atoms with Gasteiger partial charge in [0.1, 0.15) is 12.0 Å². The lowest BCUT2D eigenvalue weighted by molar-refractivity contribution is -0.139. The van der Waals surface area contributed by atoms with E-state index in [0.717, 1.165) is 21.4 Å². The molecule has 104 valence electrons. The van der Waals surface area contributed by atoms with Crippen LogP contribution in [0.15, 0.2) is 39.5 Å². The van der Waals surface area contributed by atoms with Crippen molar-refractivity contribution in [2.45, 2.75) is 18.9 Å². The molecule has 1 aliphatic heterocycles. The van der Waals surface area contributed by atoms with Crippen molar-refractivity contribution in [3.63, 3.8) is 0 Å². The summed E-state index contributed by atoms with van der Waals surface area (Å²) >= 11 is 3.41. The van der Waals surface area contributed by atoms with E-state index in [-0.39, 0.29) is 0 Å². The highest BCUT2D eigenvalue weighted by Crippen LogP contribution is 2.37. The van der Waals surface area contributed by atoms with Crippen LogP contribution >= 0.6 is 15.9 Å². The Morgan fingerprint density at radius 3 is 3.05 bits per heavy atom. The van der Waals surface area contributed by atoms with Crippen LogP contribution in [0.5, 0.6) is 0 Å². The molecular formula is C14H13BrN2O3. The topological polar surface area (TPSA) is 66.6 Å². The number of anilines is 1. The Kier molecular flexibility index (Phi) is 3.48. The van der Waals surface area contributed by atoms with Gasteiger partial charge in [-0.1, -0.05) is 21.1 Å². The Morgan fingerprint density at radius 2 is 2.35 bits per heavy atom. The Bertz CT molecular complexity index is 627. The summed E-state index contributed by atoms with van der Waals surface area (Å²) in [5, 5.41) is 13.3. The number of carboxylic acid groups (broad SMARTS) is 1. The second kappa shape index (κ2) is 5.28. The smallest absolute Gasteiger partial charge is 0.311 e. The van der Waals surface area contributed by atoms with Crippen LogP contribution in [0.2, 0.25) is 0 Å². The quantitative estimate of drug-likeness (QED) is 0.933. The first kappa shape index (κ1) is 13.2. The summed E-state index contributed by atoms with van der Waals surface area (Å²) in [6.45, 7) is 1.32. The molecule has 0 aliphatic carbocycles. The molecule has 1 unspecified atom stereocenters. The molecule has 0 saturated carbocycles. The SMILES string of the molecule is O=C(O)C1CCN(Cc2ccon2)c2ccc(Br)cc21. The van der Waals surface area contributed by atoms with Crippen molar-refractivity contribution in [2.24, 2.45) is 0 Å². The van der Waals surface area contributed by atoms with Crippen molar-refractivity contribution in [3.8, 4) is 0 Å². The number of rotatable bonds is 3. The summed E-state index contributed by atoms with van der Waals surface area (Å²) in [4.78, 5) is 13.5. The minimum absolute atomic E-state index is 0.448. The molecule has 1 aromatic carbocycles. The van der Waals surface area contributed by atoms with Gasteiger partial charge in [0.2, 0.25) is 0 Å². The maximum atomic E-state index is 11.4. The van der Waals surface area contributed by atoms with Gasteiger partial charge in [0.15, 0.2) is 0 Å². The molecule has 1 aromatic heterocycles. The fourth-order valence-electron chi connectivity index (χ4n) is 2.59. The number of fused-ring (bicyclic) bond motifs is 1. The molecule has 0 saturated heterocycles. The van der Waals surface area contributed by atoms with Crippen LogP contribution in [0.1, 0.15) is 23.6 Å². The summed E-state index contributed by atoms with van der Waals surface area (Å²) in [5.41, 5.74) is 2.64. The number of benzene rings is 1. The molecule has 0 bridgehead atoms. The van der Waals surface area contributed by atoms with E-state index >= 15 is 0 Å². The normalized spacial score (nSPS) is 17.9. The second-order valence-corrected chi connectivity index (χ2v) is 5.71. The number of halogens is 1. The number of carboxylic acids is 1. The molecule has 1 atom stereocenters. The summed E-state index contributed by atoms with van der Waals surface area (Å²) in [5.74, 6) is -1.22. The van der Waals surface area contributed by atoms with Crippen molar-refractivity contribution in [2.75, 3.05) is 11.4 Å². The summed E-state index contributed by atoms with van der Waals surface area (Å²) in [6, 6.07) is 7.60. The minimum Gasteiger partial charge on any atom is -0.481 e. The van der Waals surface area contributed by atoms with Gasteiger partial charge >= 0.3 is 5.97 Å². The highest BCUT2D eigenvalue weighted by atomic mass is 79.9. The van der Waals surface area contributed by atoms with E-state index in [4.69, 9.17) is 4.52 Å². The van der Waals surface area contributed by atoms with Crippen LogP contribution in [0.25, 0.3) is 0 Å². The number of hydrogen-bond donors (Lipinski definition) is 1. The minimum atomic E-state index is -0.773. The number of nitrogens with zero attached hydrogens (tertiary/aromatic N) is 2. The largest absolute Gasteiger partial charge is 0.481 e. The van der Waals surface area contributed by atoms with Gasteiger partial charge in [-0.05, 0) is 30.2 Å². The zero-order valence-electron chi connectivity index (χ0n) is 10.6. The van der Waals surface area contributed by atoms with Crippen LogP contribution in [0, 0.1) is 0 Å². The van der Waals surface area contributed by atoms with Crippen molar-refractivity contribution in [1.29, 1.82) is 0 Å². The lowest BCUT2D eigenvalue weighted by atomic mass is 9.90. The van der Waals surface area contributed by atoms with E-state index in [9.17, 15) is 9.90 Å². The lowest BCUT2D eigenvalue weighted by Crippen LogP contribution is -2.33. The number of aliphatic carboxylic acids is 1. The molecule has 20 heavy (non-hydrogen) atoms. The molecule has 0 spiro atoms. The monoisotopic (exact) mass is 336 g/mol. The van der Waals surface area contributed by atoms with Gasteiger partial charge in [0.05, 0.1) is 12.5 Å². The Balaban J connectivity index is 1.96. The average molecular weight is 337 g/mol. The molecule has 6 heteroatoms. The van der Waals surface area contributed by atoms with Crippen LogP contribution in [0.4, 0.5) is 5.69 Å². The maximum Gasteiger partial charge on any atom is 0.311 e. The fraction of sp³-hybridized carbons (Fsp3) is 0.286. The van der Waals surface area contributed by atoms with E-state index in [0.29, 0.717) is 19.5 Å². The number of hydrogen-bond acceptors (Lipinski definition) is 4. The Hall–Kier alpha value is -1.82. The third kappa shape index (κ3) is 2.43. The maximum absolute atomic E-state index is 11.4. The molecular weight excluding hydrogens is 324 g/mol. The van der Waals surface area contributed by atoms with Crippen LogP contribution < -0.4 is 4.90 Å². The van der Waals surface area contributed by atoms with Crippen molar-refractivity contribution >= 4 is 27.6 Å². The second-order valence-electron chi connectivity index (χ2n) is 4.79. The third-order valence-electron chi connectivity index (χ3n) is 3.54. The molecule has 0 radical (unpaired) electrons. The number of carbonyl (C=O) groups is 1. The fourth-order valence-corrected chi connectivity index (χ4v) is 2.97. The first-order chi connectivity index (χ1) is 9.65. The average Bonchev–Trinajstić information content (AvgIpc) is 2.91. The predicted octanol–water partition coefficient (Wildman–Crippen LogP) is 3.02. The summed E-state index contributed by atoms with van der Waals surface area (Å²) < 4.78 is 5.74. The van der Waals surface area contributed by atoms with Gasteiger partial charge in [-0.25, -0.2) is 0 Å². The standard InChI is InChI=1S/C14H13BrN2O3/c15-9-1-2-13-12(7-9)11(14(18)19)3-5-17(13)8-10-4-6-20-16-10/h1-2,4,6-7,11H,3,5,8H2,(H,18,19). The molecule has 1 N–H and O–H groups in total. The highest BCUT2D eigenvalue weighted by Gasteiger charge is 2.30. The van der Waals surface area contributed by atoms with Crippen LogP contribution in [-0.4, -0.2) is 22.8 Å². The van der Waals surface area contributed by atoms with Gasteiger partial charge in [-0.2, -0.15) is 0 Å². The van der Waals surface area contributed by atoms with E-state index in [2.05, 4.69) is 26.0 Å². The van der Waals surface area contributed by atoms with E-state index in [1.807, 2.05) is 24.3 Å². The van der Waals surface area contributed by atoms with E-state index < -0.39 is 11.9 Å². The van der Waals surface area contributed by atoms with Crippen LogP contribution in [0.3, 0.4) is 0 Å². The first-order valence-electron chi connectivity index (χ1n) is 6.31. The van der Waals surface area contributed by atoms with Gasteiger partial charge in [-0.15, -0.1) is 0 Å². The number of aromatic nitrogens is 1. The Labute approximate surface area is 124 Å². The molecule has 2 aromatic rings. The molecule has 0 amide bonds. The summed E-state index contributed by atoms with van der Waals surface area (Å²) in [7, 11) is 0. The van der Waals surface area contributed by atoms with Gasteiger partial charge in [0, 0.05) is 22.8 Å². The summed E-state index contributed by atoms with van der Waals surface area (Å²) in [6.07, 6.45) is 2.14. The van der Waals surface area contributed by atoms with Crippen molar-refractivity contribution < 1.29 is 14.4 Å². The van der Waals surface area contributed by atoms with E-state index in [1.54, 1.807) is 6.26 Å². The van der Waals surface area contributed by atoms with Gasteiger partial charge < -0.3 is 14.5 Å².